The van der Waals surface area contributed by atoms with Crippen molar-refractivity contribution in [1.29, 1.82) is 0 Å². The van der Waals surface area contributed by atoms with Gasteiger partial charge in [0.05, 0.1) is 6.54 Å². The lowest BCUT2D eigenvalue weighted by Gasteiger charge is -2.24. The minimum absolute atomic E-state index is 0.234. The number of carbonyl (C=O) groups excluding carboxylic acids is 2. The predicted octanol–water partition coefficient (Wildman–Crippen LogP) is 2.85. The average molecular weight is 337 g/mol. The normalized spacial score (nSPS) is 17.2. The van der Waals surface area contributed by atoms with E-state index in [1.54, 1.807) is 0 Å². The first-order valence-electron chi connectivity index (χ1n) is 8.63. The molecule has 2 N–H and O–H groups in total. The maximum atomic E-state index is 12.2. The molecule has 1 aliphatic rings. The number of rotatable bonds is 5. The first kappa shape index (κ1) is 17.2. The highest BCUT2D eigenvalue weighted by atomic mass is 16.2. The molecule has 2 aromatic carbocycles. The number of nitrogens with zero attached hydrogens (tertiary/aromatic N) is 1. The van der Waals surface area contributed by atoms with Crippen molar-refractivity contribution in [1.82, 2.24) is 15.5 Å². The summed E-state index contributed by atoms with van der Waals surface area (Å²) in [7, 11) is 0. The Hall–Kier alpha value is -2.66. The van der Waals surface area contributed by atoms with Crippen molar-refractivity contribution in [3.05, 3.63) is 71.8 Å². The second-order valence-corrected chi connectivity index (χ2v) is 6.26. The molecule has 1 atom stereocenters. The van der Waals surface area contributed by atoms with E-state index in [0.717, 1.165) is 24.9 Å². The van der Waals surface area contributed by atoms with E-state index in [2.05, 4.69) is 27.7 Å². The summed E-state index contributed by atoms with van der Waals surface area (Å²) in [6.45, 7) is 1.51. The monoisotopic (exact) mass is 337 g/mol. The minimum atomic E-state index is -0.454. The first-order chi connectivity index (χ1) is 12.2. The molecule has 5 heteroatoms. The van der Waals surface area contributed by atoms with Crippen molar-refractivity contribution in [2.45, 2.75) is 25.4 Å². The maximum Gasteiger partial charge on any atom is 0.321 e. The molecule has 1 saturated heterocycles. The number of hydrogen-bond acceptors (Lipinski definition) is 3. The van der Waals surface area contributed by atoms with E-state index in [-0.39, 0.29) is 18.5 Å². The van der Waals surface area contributed by atoms with Crippen LogP contribution >= 0.6 is 0 Å². The number of amides is 3. The summed E-state index contributed by atoms with van der Waals surface area (Å²) < 4.78 is 0. The molecule has 0 bridgehead atoms. The fourth-order valence-corrected chi connectivity index (χ4v) is 3.24. The largest absolute Gasteiger partial charge is 0.334 e. The Bertz CT molecular complexity index is 703. The molecule has 2 aromatic rings. The van der Waals surface area contributed by atoms with Crippen LogP contribution in [0.1, 0.15) is 30.0 Å². The zero-order valence-corrected chi connectivity index (χ0v) is 14.2. The van der Waals surface area contributed by atoms with Crippen LogP contribution in [0.2, 0.25) is 0 Å². The van der Waals surface area contributed by atoms with Gasteiger partial charge < -0.3 is 5.32 Å². The van der Waals surface area contributed by atoms with Crippen molar-refractivity contribution in [3.63, 3.8) is 0 Å². The lowest BCUT2D eigenvalue weighted by Crippen LogP contribution is -2.44. The van der Waals surface area contributed by atoms with Crippen molar-refractivity contribution >= 4 is 11.9 Å². The zero-order valence-electron chi connectivity index (χ0n) is 14.2. The van der Waals surface area contributed by atoms with E-state index < -0.39 is 6.03 Å². The second-order valence-electron chi connectivity index (χ2n) is 6.26. The molecule has 0 aliphatic carbocycles. The van der Waals surface area contributed by atoms with Crippen LogP contribution in [0.3, 0.4) is 0 Å². The molecule has 0 radical (unpaired) electrons. The SMILES string of the molecule is O=C(CN1CCCC1c1ccccc1)NC(=O)NCc1ccccc1. The second kappa shape index (κ2) is 8.44. The molecule has 3 rings (SSSR count). The minimum Gasteiger partial charge on any atom is -0.334 e. The van der Waals surface area contributed by atoms with Crippen molar-refractivity contribution in [3.8, 4) is 0 Å². The lowest BCUT2D eigenvalue weighted by molar-refractivity contribution is -0.121. The summed E-state index contributed by atoms with van der Waals surface area (Å²) in [5.41, 5.74) is 2.22. The molecule has 5 nitrogen and oxygen atoms in total. The van der Waals surface area contributed by atoms with E-state index in [1.807, 2.05) is 48.5 Å². The summed E-state index contributed by atoms with van der Waals surface area (Å²) in [5.74, 6) is -0.270. The fraction of sp³-hybridized carbons (Fsp3) is 0.300. The molecule has 1 heterocycles. The van der Waals surface area contributed by atoms with Crippen molar-refractivity contribution in [2.75, 3.05) is 13.1 Å². The topological polar surface area (TPSA) is 61.4 Å². The fourth-order valence-electron chi connectivity index (χ4n) is 3.24. The van der Waals surface area contributed by atoms with E-state index >= 15 is 0 Å². The van der Waals surface area contributed by atoms with Crippen molar-refractivity contribution in [2.24, 2.45) is 0 Å². The van der Waals surface area contributed by atoms with Gasteiger partial charge in [0.2, 0.25) is 5.91 Å². The quantitative estimate of drug-likeness (QED) is 0.882. The number of nitrogens with one attached hydrogen (secondary N) is 2. The molecule has 0 saturated carbocycles. The number of carbonyl (C=O) groups is 2. The van der Waals surface area contributed by atoms with E-state index in [9.17, 15) is 9.59 Å². The van der Waals surface area contributed by atoms with Crippen molar-refractivity contribution < 1.29 is 9.59 Å². The third-order valence-corrected chi connectivity index (χ3v) is 4.44. The number of imide groups is 1. The van der Waals surface area contributed by atoms with Gasteiger partial charge in [0.1, 0.15) is 0 Å². The number of hydrogen-bond donors (Lipinski definition) is 2. The van der Waals surface area contributed by atoms with Crippen LogP contribution in [0.5, 0.6) is 0 Å². The molecule has 1 aliphatic heterocycles. The van der Waals surface area contributed by atoms with Gasteiger partial charge in [0.25, 0.3) is 0 Å². The Morgan fingerprint density at radius 2 is 1.68 bits per heavy atom. The van der Waals surface area contributed by atoms with Gasteiger partial charge in [-0.3, -0.25) is 15.0 Å². The molecule has 1 fully saturated rings. The smallest absolute Gasteiger partial charge is 0.321 e. The summed E-state index contributed by atoms with van der Waals surface area (Å²) in [4.78, 5) is 26.2. The highest BCUT2D eigenvalue weighted by Gasteiger charge is 2.27. The van der Waals surface area contributed by atoms with E-state index in [1.165, 1.54) is 5.56 Å². The first-order valence-corrected chi connectivity index (χ1v) is 8.63. The standard InChI is InChI=1S/C20H23N3O2/c24-19(22-20(25)21-14-16-8-3-1-4-9-16)15-23-13-7-12-18(23)17-10-5-2-6-11-17/h1-6,8-11,18H,7,12-15H2,(H2,21,22,24,25). The molecular formula is C20H23N3O2. The molecule has 1 unspecified atom stereocenters. The Balaban J connectivity index is 1.47. The molecule has 130 valence electrons. The van der Waals surface area contributed by atoms with Crippen LogP contribution in [-0.2, 0) is 11.3 Å². The highest BCUT2D eigenvalue weighted by molar-refractivity contribution is 5.95. The number of urea groups is 1. The molecule has 0 aromatic heterocycles. The van der Waals surface area contributed by atoms with Gasteiger partial charge in [-0.15, -0.1) is 0 Å². The Kier molecular flexibility index (Phi) is 5.80. The van der Waals surface area contributed by atoms with Gasteiger partial charge >= 0.3 is 6.03 Å². The van der Waals surface area contributed by atoms with Crippen LogP contribution < -0.4 is 10.6 Å². The Morgan fingerprint density at radius 3 is 2.40 bits per heavy atom. The Labute approximate surface area is 148 Å². The zero-order chi connectivity index (χ0) is 17.5. The third-order valence-electron chi connectivity index (χ3n) is 4.44. The van der Waals surface area contributed by atoms with E-state index in [4.69, 9.17) is 0 Å². The summed E-state index contributed by atoms with van der Waals surface area (Å²) in [6.07, 6.45) is 2.10. The predicted molar refractivity (Wildman–Crippen MR) is 96.8 cm³/mol. The van der Waals surface area contributed by atoms with Crippen LogP contribution in [0, 0.1) is 0 Å². The van der Waals surface area contributed by atoms with Crippen LogP contribution in [0.15, 0.2) is 60.7 Å². The summed E-state index contributed by atoms with van der Waals surface area (Å²) in [6, 6.07) is 19.6. The van der Waals surface area contributed by atoms with Crippen LogP contribution in [0.4, 0.5) is 4.79 Å². The molecule has 0 spiro atoms. The number of likely N-dealkylation sites (tertiary alicyclic amines) is 1. The maximum absolute atomic E-state index is 12.2. The molecular weight excluding hydrogens is 314 g/mol. The Morgan fingerprint density at radius 1 is 1.00 bits per heavy atom. The molecule has 3 amide bonds. The van der Waals surface area contributed by atoms with Gasteiger partial charge in [-0.1, -0.05) is 60.7 Å². The van der Waals surface area contributed by atoms with Gasteiger partial charge in [-0.25, -0.2) is 4.79 Å². The van der Waals surface area contributed by atoms with E-state index in [0.29, 0.717) is 6.54 Å². The van der Waals surface area contributed by atoms with Gasteiger partial charge in [-0.05, 0) is 30.5 Å². The van der Waals surface area contributed by atoms with Crippen LogP contribution in [0.25, 0.3) is 0 Å². The summed E-state index contributed by atoms with van der Waals surface area (Å²) in [5, 5.41) is 5.13. The summed E-state index contributed by atoms with van der Waals surface area (Å²) >= 11 is 0. The van der Waals surface area contributed by atoms with Gasteiger partial charge in [-0.2, -0.15) is 0 Å². The van der Waals surface area contributed by atoms with Gasteiger partial charge in [0.15, 0.2) is 0 Å². The van der Waals surface area contributed by atoms with Gasteiger partial charge in [0, 0.05) is 12.6 Å². The molecule has 25 heavy (non-hydrogen) atoms. The lowest BCUT2D eigenvalue weighted by atomic mass is 10.0. The third kappa shape index (κ3) is 4.90. The highest BCUT2D eigenvalue weighted by Crippen LogP contribution is 2.31. The van der Waals surface area contributed by atoms with Crippen LogP contribution in [-0.4, -0.2) is 29.9 Å². The average Bonchev–Trinajstić information content (AvgIpc) is 3.09. The number of benzene rings is 2.